The van der Waals surface area contributed by atoms with Crippen molar-refractivity contribution < 1.29 is 0 Å². The Bertz CT molecular complexity index is 257. The van der Waals surface area contributed by atoms with Crippen molar-refractivity contribution in [2.75, 3.05) is 25.5 Å². The Balaban J connectivity index is 2.67. The van der Waals surface area contributed by atoms with Crippen LogP contribution in [-0.4, -0.2) is 25.6 Å². The van der Waals surface area contributed by atoms with E-state index in [0.29, 0.717) is 5.92 Å². The van der Waals surface area contributed by atoms with E-state index in [1.165, 1.54) is 4.88 Å². The van der Waals surface area contributed by atoms with Crippen LogP contribution in [0.1, 0.15) is 24.1 Å². The van der Waals surface area contributed by atoms with Crippen LogP contribution in [0.4, 0.5) is 5.13 Å². The molecular formula is C9H17N3S. The normalized spacial score (nSPS) is 12.9. The first-order chi connectivity index (χ1) is 6.15. The number of hydrogen-bond donors (Lipinski definition) is 1. The zero-order valence-corrected chi connectivity index (χ0v) is 9.27. The Labute approximate surface area is 83.6 Å². The highest BCUT2D eigenvalue weighted by Gasteiger charge is 2.09. The van der Waals surface area contributed by atoms with E-state index >= 15 is 0 Å². The standard InChI is InChI=1S/C9H17N3S/c1-7(4-5-10)8-6-11-9(13-8)12(2)3/h6-7H,4-5,10H2,1-3H3. The van der Waals surface area contributed by atoms with E-state index in [1.807, 2.05) is 25.2 Å². The molecule has 0 fully saturated rings. The molecule has 4 heteroatoms. The van der Waals surface area contributed by atoms with Gasteiger partial charge in [-0.25, -0.2) is 4.98 Å². The Morgan fingerprint density at radius 3 is 2.77 bits per heavy atom. The lowest BCUT2D eigenvalue weighted by molar-refractivity contribution is 0.700. The summed E-state index contributed by atoms with van der Waals surface area (Å²) in [6, 6.07) is 0. The summed E-state index contributed by atoms with van der Waals surface area (Å²) in [6.45, 7) is 2.94. The molecule has 3 nitrogen and oxygen atoms in total. The fourth-order valence-electron chi connectivity index (χ4n) is 1.10. The van der Waals surface area contributed by atoms with Crippen LogP contribution in [0.2, 0.25) is 0 Å². The minimum Gasteiger partial charge on any atom is -0.354 e. The van der Waals surface area contributed by atoms with E-state index in [0.717, 1.165) is 18.1 Å². The number of anilines is 1. The highest BCUT2D eigenvalue weighted by molar-refractivity contribution is 7.15. The lowest BCUT2D eigenvalue weighted by atomic mass is 10.1. The van der Waals surface area contributed by atoms with Crippen molar-refractivity contribution in [3.63, 3.8) is 0 Å². The molecule has 0 saturated heterocycles. The lowest BCUT2D eigenvalue weighted by Crippen LogP contribution is -2.07. The Kier molecular flexibility index (Phi) is 3.69. The summed E-state index contributed by atoms with van der Waals surface area (Å²) in [5.41, 5.74) is 5.51. The van der Waals surface area contributed by atoms with Gasteiger partial charge in [0.2, 0.25) is 0 Å². The van der Waals surface area contributed by atoms with Gasteiger partial charge in [0.25, 0.3) is 0 Å². The predicted octanol–water partition coefficient (Wildman–Crippen LogP) is 1.66. The minimum absolute atomic E-state index is 0.538. The van der Waals surface area contributed by atoms with Gasteiger partial charge in [-0.1, -0.05) is 6.92 Å². The van der Waals surface area contributed by atoms with Crippen molar-refractivity contribution in [2.45, 2.75) is 19.3 Å². The van der Waals surface area contributed by atoms with Crippen molar-refractivity contribution in [3.05, 3.63) is 11.1 Å². The molecule has 1 aromatic heterocycles. The topological polar surface area (TPSA) is 42.1 Å². The highest BCUT2D eigenvalue weighted by Crippen LogP contribution is 2.28. The van der Waals surface area contributed by atoms with Gasteiger partial charge in [-0.15, -0.1) is 11.3 Å². The summed E-state index contributed by atoms with van der Waals surface area (Å²) in [7, 11) is 4.02. The number of hydrogen-bond acceptors (Lipinski definition) is 4. The molecule has 0 saturated carbocycles. The molecule has 0 aliphatic rings. The summed E-state index contributed by atoms with van der Waals surface area (Å²) in [5, 5.41) is 1.07. The third-order valence-electron chi connectivity index (χ3n) is 1.98. The molecule has 0 aliphatic heterocycles. The molecule has 1 atom stereocenters. The van der Waals surface area contributed by atoms with Gasteiger partial charge < -0.3 is 10.6 Å². The molecular weight excluding hydrogens is 182 g/mol. The minimum atomic E-state index is 0.538. The van der Waals surface area contributed by atoms with E-state index in [2.05, 4.69) is 11.9 Å². The first-order valence-corrected chi connectivity index (χ1v) is 5.30. The fourth-order valence-corrected chi connectivity index (χ4v) is 2.03. The maximum atomic E-state index is 5.51. The number of rotatable bonds is 4. The molecule has 1 heterocycles. The van der Waals surface area contributed by atoms with E-state index in [4.69, 9.17) is 5.73 Å². The van der Waals surface area contributed by atoms with Gasteiger partial charge in [-0.05, 0) is 18.9 Å². The Hall–Kier alpha value is -0.610. The molecule has 74 valence electrons. The van der Waals surface area contributed by atoms with Crippen molar-refractivity contribution >= 4 is 16.5 Å². The second-order valence-corrected chi connectivity index (χ2v) is 4.46. The van der Waals surface area contributed by atoms with Gasteiger partial charge >= 0.3 is 0 Å². The Morgan fingerprint density at radius 1 is 1.62 bits per heavy atom. The number of nitrogens with zero attached hydrogens (tertiary/aromatic N) is 2. The van der Waals surface area contributed by atoms with Gasteiger partial charge in [-0.3, -0.25) is 0 Å². The SMILES string of the molecule is CC(CCN)c1cnc(N(C)C)s1. The van der Waals surface area contributed by atoms with Crippen LogP contribution in [0.5, 0.6) is 0 Å². The maximum Gasteiger partial charge on any atom is 0.184 e. The van der Waals surface area contributed by atoms with Gasteiger partial charge in [0, 0.05) is 25.2 Å². The zero-order valence-electron chi connectivity index (χ0n) is 8.45. The van der Waals surface area contributed by atoms with Crippen LogP contribution in [0.25, 0.3) is 0 Å². The van der Waals surface area contributed by atoms with E-state index < -0.39 is 0 Å². The van der Waals surface area contributed by atoms with Gasteiger partial charge in [0.15, 0.2) is 5.13 Å². The maximum absolute atomic E-state index is 5.51. The summed E-state index contributed by atoms with van der Waals surface area (Å²) >= 11 is 1.75. The molecule has 0 amide bonds. The third-order valence-corrected chi connectivity index (χ3v) is 3.38. The van der Waals surface area contributed by atoms with Crippen LogP contribution < -0.4 is 10.6 Å². The van der Waals surface area contributed by atoms with Crippen LogP contribution in [0, 0.1) is 0 Å². The number of aromatic nitrogens is 1. The quantitative estimate of drug-likeness (QED) is 0.802. The zero-order chi connectivity index (χ0) is 9.84. The van der Waals surface area contributed by atoms with E-state index in [1.54, 1.807) is 11.3 Å². The van der Waals surface area contributed by atoms with Crippen LogP contribution in [0.15, 0.2) is 6.20 Å². The first-order valence-electron chi connectivity index (χ1n) is 4.48. The summed E-state index contributed by atoms with van der Waals surface area (Å²) in [6.07, 6.45) is 3.00. The first kappa shape index (κ1) is 10.5. The van der Waals surface area contributed by atoms with Crippen LogP contribution >= 0.6 is 11.3 Å². The molecule has 0 aliphatic carbocycles. The molecule has 1 unspecified atom stereocenters. The molecule has 0 radical (unpaired) electrons. The van der Waals surface area contributed by atoms with Gasteiger partial charge in [0.1, 0.15) is 0 Å². The second-order valence-electron chi connectivity index (χ2n) is 3.42. The summed E-state index contributed by atoms with van der Waals surface area (Å²) in [4.78, 5) is 7.68. The summed E-state index contributed by atoms with van der Waals surface area (Å²) in [5.74, 6) is 0.538. The molecule has 1 rings (SSSR count). The average Bonchev–Trinajstić information content (AvgIpc) is 2.52. The van der Waals surface area contributed by atoms with Crippen molar-refractivity contribution in [3.8, 4) is 0 Å². The lowest BCUT2D eigenvalue weighted by Gasteiger charge is -2.07. The van der Waals surface area contributed by atoms with Crippen molar-refractivity contribution in [1.82, 2.24) is 4.98 Å². The number of nitrogens with two attached hydrogens (primary N) is 1. The fraction of sp³-hybridized carbons (Fsp3) is 0.667. The monoisotopic (exact) mass is 199 g/mol. The smallest absolute Gasteiger partial charge is 0.184 e. The average molecular weight is 199 g/mol. The molecule has 2 N–H and O–H groups in total. The molecule has 1 aromatic rings. The van der Waals surface area contributed by atoms with Crippen molar-refractivity contribution in [2.24, 2.45) is 5.73 Å². The Morgan fingerprint density at radius 2 is 2.31 bits per heavy atom. The highest BCUT2D eigenvalue weighted by atomic mass is 32.1. The third kappa shape index (κ3) is 2.67. The second kappa shape index (κ2) is 4.58. The van der Waals surface area contributed by atoms with E-state index in [9.17, 15) is 0 Å². The van der Waals surface area contributed by atoms with Crippen LogP contribution in [-0.2, 0) is 0 Å². The van der Waals surface area contributed by atoms with Crippen molar-refractivity contribution in [1.29, 1.82) is 0 Å². The van der Waals surface area contributed by atoms with Gasteiger partial charge in [-0.2, -0.15) is 0 Å². The molecule has 0 spiro atoms. The predicted molar refractivity (Wildman–Crippen MR) is 58.5 cm³/mol. The summed E-state index contributed by atoms with van der Waals surface area (Å²) < 4.78 is 0. The largest absolute Gasteiger partial charge is 0.354 e. The van der Waals surface area contributed by atoms with Crippen LogP contribution in [0.3, 0.4) is 0 Å². The van der Waals surface area contributed by atoms with E-state index in [-0.39, 0.29) is 0 Å². The number of thiazole rings is 1. The molecule has 13 heavy (non-hydrogen) atoms. The molecule has 0 aromatic carbocycles. The molecule has 0 bridgehead atoms. The van der Waals surface area contributed by atoms with Gasteiger partial charge in [0.05, 0.1) is 0 Å².